The molecule has 0 radical (unpaired) electrons. The van der Waals surface area contributed by atoms with Gasteiger partial charge in [-0.15, -0.1) is 0 Å². The second-order valence-corrected chi connectivity index (χ2v) is 8.38. The summed E-state index contributed by atoms with van der Waals surface area (Å²) in [5, 5.41) is 3.21. The molecule has 144 valence electrons. The van der Waals surface area contributed by atoms with E-state index in [-0.39, 0.29) is 17.4 Å². The number of halogens is 1. The molecule has 2 aliphatic heterocycles. The van der Waals surface area contributed by atoms with Crippen LogP contribution in [0.4, 0.5) is 9.18 Å². The van der Waals surface area contributed by atoms with Crippen molar-refractivity contribution < 1.29 is 9.18 Å². The standard InChI is InChI=1S/C20H31FN4O/c1-20(2,15-24-12-10-23(3)11-13-24)22-19(26)25-9-8-17(14-25)16-4-6-18(21)7-5-16/h4-7,17H,8-15H2,1-3H3,(H,22,26)/t17-/m0/s1. The lowest BCUT2D eigenvalue weighted by Crippen LogP contribution is -2.57. The topological polar surface area (TPSA) is 38.8 Å². The summed E-state index contributed by atoms with van der Waals surface area (Å²) in [6.07, 6.45) is 0.929. The van der Waals surface area contributed by atoms with Gasteiger partial charge in [0.1, 0.15) is 5.82 Å². The molecule has 6 heteroatoms. The summed E-state index contributed by atoms with van der Waals surface area (Å²) >= 11 is 0. The first-order chi connectivity index (χ1) is 12.3. The number of piperazine rings is 1. The van der Waals surface area contributed by atoms with Gasteiger partial charge in [0.15, 0.2) is 0 Å². The maximum Gasteiger partial charge on any atom is 0.317 e. The third kappa shape index (κ3) is 4.95. The van der Waals surface area contributed by atoms with Gasteiger partial charge in [0.25, 0.3) is 0 Å². The maximum absolute atomic E-state index is 13.1. The molecule has 3 rings (SSSR count). The Bertz CT molecular complexity index is 611. The van der Waals surface area contributed by atoms with Crippen LogP contribution in [0.25, 0.3) is 0 Å². The van der Waals surface area contributed by atoms with Gasteiger partial charge in [-0.3, -0.25) is 4.90 Å². The highest BCUT2D eigenvalue weighted by atomic mass is 19.1. The SMILES string of the molecule is CN1CCN(CC(C)(C)NC(=O)N2CC[C@H](c3ccc(F)cc3)C2)CC1. The van der Waals surface area contributed by atoms with E-state index in [2.05, 4.69) is 36.0 Å². The lowest BCUT2D eigenvalue weighted by Gasteiger charge is -2.38. The van der Waals surface area contributed by atoms with E-state index in [1.165, 1.54) is 12.1 Å². The summed E-state index contributed by atoms with van der Waals surface area (Å²) in [6, 6.07) is 6.67. The average molecular weight is 362 g/mol. The lowest BCUT2D eigenvalue weighted by molar-refractivity contribution is 0.122. The van der Waals surface area contributed by atoms with Gasteiger partial charge in [0, 0.05) is 57.3 Å². The Labute approximate surface area is 156 Å². The van der Waals surface area contributed by atoms with Crippen molar-refractivity contribution in [2.24, 2.45) is 0 Å². The van der Waals surface area contributed by atoms with Gasteiger partial charge >= 0.3 is 6.03 Å². The van der Waals surface area contributed by atoms with Gasteiger partial charge in [-0.1, -0.05) is 12.1 Å². The molecule has 2 saturated heterocycles. The third-order valence-corrected chi connectivity index (χ3v) is 5.48. The van der Waals surface area contributed by atoms with E-state index < -0.39 is 0 Å². The highest BCUT2D eigenvalue weighted by molar-refractivity contribution is 5.75. The molecule has 0 unspecified atom stereocenters. The van der Waals surface area contributed by atoms with Crippen LogP contribution in [0.3, 0.4) is 0 Å². The normalized spacial score (nSPS) is 22.6. The van der Waals surface area contributed by atoms with E-state index in [0.29, 0.717) is 12.5 Å². The molecule has 2 amide bonds. The van der Waals surface area contributed by atoms with Crippen molar-refractivity contribution in [1.82, 2.24) is 20.0 Å². The number of carbonyl (C=O) groups is 1. The summed E-state index contributed by atoms with van der Waals surface area (Å²) in [5.41, 5.74) is 0.847. The Morgan fingerprint density at radius 2 is 1.81 bits per heavy atom. The molecule has 2 aliphatic rings. The van der Waals surface area contributed by atoms with Crippen LogP contribution in [0.2, 0.25) is 0 Å². The highest BCUT2D eigenvalue weighted by Gasteiger charge is 2.31. The van der Waals surface area contributed by atoms with Gasteiger partial charge in [0.2, 0.25) is 0 Å². The summed E-state index contributed by atoms with van der Waals surface area (Å²) in [6.45, 7) is 10.7. The Balaban J connectivity index is 1.50. The molecule has 5 nitrogen and oxygen atoms in total. The van der Waals surface area contributed by atoms with Crippen molar-refractivity contribution in [2.45, 2.75) is 31.7 Å². The average Bonchev–Trinajstić information content (AvgIpc) is 3.07. The van der Waals surface area contributed by atoms with Crippen LogP contribution in [0.1, 0.15) is 31.7 Å². The zero-order valence-corrected chi connectivity index (χ0v) is 16.2. The van der Waals surface area contributed by atoms with Gasteiger partial charge in [-0.25, -0.2) is 9.18 Å². The van der Waals surface area contributed by atoms with Crippen molar-refractivity contribution in [3.63, 3.8) is 0 Å². The highest BCUT2D eigenvalue weighted by Crippen LogP contribution is 2.27. The fraction of sp³-hybridized carbons (Fsp3) is 0.650. The number of hydrogen-bond donors (Lipinski definition) is 1. The quantitative estimate of drug-likeness (QED) is 0.894. The van der Waals surface area contributed by atoms with Gasteiger partial charge in [-0.05, 0) is 45.0 Å². The van der Waals surface area contributed by atoms with E-state index in [1.54, 1.807) is 0 Å². The van der Waals surface area contributed by atoms with Gasteiger partial charge in [0.05, 0.1) is 0 Å². The smallest absolute Gasteiger partial charge is 0.317 e. The predicted molar refractivity (Wildman–Crippen MR) is 102 cm³/mol. The van der Waals surface area contributed by atoms with E-state index >= 15 is 0 Å². The minimum absolute atomic E-state index is 0.00809. The first kappa shape index (κ1) is 19.1. The molecule has 26 heavy (non-hydrogen) atoms. The first-order valence-corrected chi connectivity index (χ1v) is 9.56. The number of rotatable bonds is 4. The molecule has 0 saturated carbocycles. The second kappa shape index (κ2) is 7.92. The summed E-state index contributed by atoms with van der Waals surface area (Å²) in [4.78, 5) is 19.4. The van der Waals surface area contributed by atoms with Crippen LogP contribution < -0.4 is 5.32 Å². The lowest BCUT2D eigenvalue weighted by atomic mass is 9.99. The molecule has 0 bridgehead atoms. The number of hydrogen-bond acceptors (Lipinski definition) is 3. The molecule has 0 spiro atoms. The number of nitrogens with zero attached hydrogens (tertiary/aromatic N) is 3. The number of likely N-dealkylation sites (N-methyl/N-ethyl adjacent to an activating group) is 1. The molecule has 2 fully saturated rings. The summed E-state index contributed by atoms with van der Waals surface area (Å²) < 4.78 is 13.1. The van der Waals surface area contributed by atoms with E-state index in [9.17, 15) is 9.18 Å². The zero-order chi connectivity index (χ0) is 18.7. The number of carbonyl (C=O) groups excluding carboxylic acids is 1. The molecule has 0 aliphatic carbocycles. The number of urea groups is 1. The van der Waals surface area contributed by atoms with E-state index in [4.69, 9.17) is 0 Å². The Hall–Kier alpha value is -1.66. The first-order valence-electron chi connectivity index (χ1n) is 9.56. The molecular formula is C20H31FN4O. The minimum Gasteiger partial charge on any atom is -0.332 e. The van der Waals surface area contributed by atoms with Crippen LogP contribution in [-0.4, -0.2) is 79.1 Å². The summed E-state index contributed by atoms with van der Waals surface area (Å²) in [7, 11) is 2.15. The monoisotopic (exact) mass is 362 g/mol. The molecule has 1 N–H and O–H groups in total. The fourth-order valence-corrected chi connectivity index (χ4v) is 3.92. The van der Waals surface area contributed by atoms with Crippen LogP contribution >= 0.6 is 0 Å². The molecule has 1 aromatic rings. The van der Waals surface area contributed by atoms with Crippen LogP contribution in [0.5, 0.6) is 0 Å². The molecule has 1 atom stereocenters. The van der Waals surface area contributed by atoms with Crippen molar-refractivity contribution in [3.8, 4) is 0 Å². The largest absolute Gasteiger partial charge is 0.332 e. The van der Waals surface area contributed by atoms with E-state index in [1.807, 2.05) is 17.0 Å². The second-order valence-electron chi connectivity index (χ2n) is 8.38. The van der Waals surface area contributed by atoms with Gasteiger partial charge in [-0.2, -0.15) is 0 Å². The Morgan fingerprint density at radius 3 is 2.46 bits per heavy atom. The Kier molecular flexibility index (Phi) is 5.82. The van der Waals surface area contributed by atoms with Crippen LogP contribution in [0, 0.1) is 5.82 Å². The summed E-state index contributed by atoms with van der Waals surface area (Å²) in [5.74, 6) is 0.0779. The molecule has 2 heterocycles. The predicted octanol–water partition coefficient (Wildman–Crippen LogP) is 2.35. The number of benzene rings is 1. The maximum atomic E-state index is 13.1. The Morgan fingerprint density at radius 1 is 1.15 bits per heavy atom. The van der Waals surface area contributed by atoms with Crippen LogP contribution in [-0.2, 0) is 0 Å². The van der Waals surface area contributed by atoms with E-state index in [0.717, 1.165) is 51.3 Å². The van der Waals surface area contributed by atoms with Crippen molar-refractivity contribution in [1.29, 1.82) is 0 Å². The van der Waals surface area contributed by atoms with Crippen molar-refractivity contribution >= 4 is 6.03 Å². The number of amides is 2. The number of likely N-dealkylation sites (tertiary alicyclic amines) is 1. The fourth-order valence-electron chi connectivity index (χ4n) is 3.92. The van der Waals surface area contributed by atoms with Crippen molar-refractivity contribution in [3.05, 3.63) is 35.6 Å². The molecule has 0 aromatic heterocycles. The van der Waals surface area contributed by atoms with Crippen molar-refractivity contribution in [2.75, 3.05) is 52.9 Å². The number of nitrogens with one attached hydrogen (secondary N) is 1. The minimum atomic E-state index is -0.263. The molecular weight excluding hydrogens is 331 g/mol. The van der Waals surface area contributed by atoms with Crippen LogP contribution in [0.15, 0.2) is 24.3 Å². The van der Waals surface area contributed by atoms with Gasteiger partial charge < -0.3 is 15.1 Å². The zero-order valence-electron chi connectivity index (χ0n) is 16.2. The molecule has 1 aromatic carbocycles. The third-order valence-electron chi connectivity index (χ3n) is 5.48.